The third-order valence-electron chi connectivity index (χ3n) is 16.3. The minimum Gasteiger partial charge on any atom is -0.456 e. The Morgan fingerprint density at radius 2 is 1.06 bits per heavy atom. The molecule has 2 heteroatoms. The molecule has 7 aromatic rings. The van der Waals surface area contributed by atoms with Crippen molar-refractivity contribution >= 4 is 39.0 Å². The molecule has 2 nitrogen and oxygen atoms in total. The Morgan fingerprint density at radius 3 is 1.69 bits per heavy atom. The SMILES string of the molecule is CC1(C)c2ccccc2-c2ccc(N(c3ccc4c(c3)C(C)(C)c3ccccc3-4)c3ccc4oc5ccc(C67CC8CC9CC(C6)C97C8)cc5c4c3)cc21. The maximum Gasteiger partial charge on any atom is 0.135 e. The molecule has 1 aromatic heterocycles. The highest BCUT2D eigenvalue weighted by atomic mass is 16.3. The molecule has 0 amide bonds. The van der Waals surface area contributed by atoms with Crippen LogP contribution in [0.1, 0.15) is 87.6 Å². The average Bonchev–Trinajstić information content (AvgIpc) is 3.92. The van der Waals surface area contributed by atoms with Crippen LogP contribution in [0, 0.1) is 23.2 Å². The van der Waals surface area contributed by atoms with Gasteiger partial charge in [-0.25, -0.2) is 0 Å². The van der Waals surface area contributed by atoms with Crippen molar-refractivity contribution in [2.24, 2.45) is 23.2 Å². The first-order valence-electron chi connectivity index (χ1n) is 20.4. The summed E-state index contributed by atoms with van der Waals surface area (Å²) < 4.78 is 6.61. The summed E-state index contributed by atoms with van der Waals surface area (Å²) in [5, 5.41) is 2.49. The van der Waals surface area contributed by atoms with Gasteiger partial charge in [0.05, 0.1) is 0 Å². The van der Waals surface area contributed by atoms with E-state index in [9.17, 15) is 0 Å². The number of rotatable bonds is 4. The Balaban J connectivity index is 0.998. The number of nitrogens with zero attached hydrogens (tertiary/aromatic N) is 1. The largest absolute Gasteiger partial charge is 0.456 e. The molecule has 54 heavy (non-hydrogen) atoms. The fourth-order valence-corrected chi connectivity index (χ4v) is 14.0. The Labute approximate surface area is 317 Å². The van der Waals surface area contributed by atoms with E-state index in [1.165, 1.54) is 98.8 Å². The summed E-state index contributed by atoms with van der Waals surface area (Å²) in [6, 6.07) is 46.5. The lowest BCUT2D eigenvalue weighted by Gasteiger charge is -2.73. The van der Waals surface area contributed by atoms with Gasteiger partial charge in [0, 0.05) is 44.1 Å². The van der Waals surface area contributed by atoms with Crippen LogP contribution in [-0.4, -0.2) is 0 Å². The topological polar surface area (TPSA) is 16.4 Å². The average molecular weight is 700 g/mol. The van der Waals surface area contributed by atoms with E-state index in [0.29, 0.717) is 10.8 Å². The normalized spacial score (nSPS) is 27.9. The number of furan rings is 1. The van der Waals surface area contributed by atoms with Gasteiger partial charge in [0.25, 0.3) is 0 Å². The van der Waals surface area contributed by atoms with Gasteiger partial charge in [-0.1, -0.05) is 94.4 Å². The third kappa shape index (κ3) is 3.39. The molecule has 1 heterocycles. The van der Waals surface area contributed by atoms with E-state index < -0.39 is 0 Å². The molecule has 6 aliphatic rings. The van der Waals surface area contributed by atoms with Crippen molar-refractivity contribution in [3.63, 3.8) is 0 Å². The summed E-state index contributed by atoms with van der Waals surface area (Å²) >= 11 is 0. The highest BCUT2D eigenvalue weighted by Gasteiger charge is 2.80. The summed E-state index contributed by atoms with van der Waals surface area (Å²) in [4.78, 5) is 2.50. The molecule has 0 aliphatic heterocycles. The number of fused-ring (bicyclic) bond motifs is 10. The van der Waals surface area contributed by atoms with Crippen molar-refractivity contribution in [1.29, 1.82) is 0 Å². The molecule has 5 atom stereocenters. The van der Waals surface area contributed by atoms with Crippen molar-refractivity contribution in [3.05, 3.63) is 149 Å². The van der Waals surface area contributed by atoms with Crippen LogP contribution < -0.4 is 4.90 Å². The summed E-state index contributed by atoms with van der Waals surface area (Å²) in [6.45, 7) is 9.53. The van der Waals surface area contributed by atoms with Gasteiger partial charge in [-0.3, -0.25) is 0 Å². The molecule has 1 spiro atoms. The fraction of sp³-hybridized carbons (Fsp3) is 0.308. The van der Waals surface area contributed by atoms with Crippen molar-refractivity contribution in [3.8, 4) is 22.3 Å². The first kappa shape index (κ1) is 30.3. The molecule has 0 N–H and O–H groups in total. The van der Waals surface area contributed by atoms with Gasteiger partial charge >= 0.3 is 0 Å². The molecule has 0 radical (unpaired) electrons. The predicted molar refractivity (Wildman–Crippen MR) is 221 cm³/mol. The minimum absolute atomic E-state index is 0.0884. The second-order valence-electron chi connectivity index (χ2n) is 19.1. The molecule has 13 rings (SSSR count). The van der Waals surface area contributed by atoms with Crippen molar-refractivity contribution in [1.82, 2.24) is 0 Å². The smallest absolute Gasteiger partial charge is 0.135 e. The standard InChI is InChI=1S/C52H45NO/c1-49(2)43-11-7-5-9-37(43)39-17-14-35(25-45(39)49)53(36-15-18-40-38-10-6-8-12-44(38)50(3,4)46(40)26-36)34-16-20-48-42(24-34)41-23-31(13-19-47(41)54-48)51-27-30-21-32-22-33(29-51)52(32,51)28-30/h5-20,23-26,30,32-33H,21-22,27-29H2,1-4H3. The van der Waals surface area contributed by atoms with Crippen LogP contribution >= 0.6 is 0 Å². The van der Waals surface area contributed by atoms with E-state index in [1.807, 2.05) is 0 Å². The Bertz CT molecular complexity index is 2710. The second kappa shape index (κ2) is 9.58. The van der Waals surface area contributed by atoms with E-state index >= 15 is 0 Å². The molecule has 0 saturated heterocycles. The van der Waals surface area contributed by atoms with E-state index in [1.54, 1.807) is 5.56 Å². The van der Waals surface area contributed by atoms with Crippen molar-refractivity contribution in [2.75, 3.05) is 4.90 Å². The number of hydrogen-bond acceptors (Lipinski definition) is 2. The van der Waals surface area contributed by atoms with Crippen molar-refractivity contribution in [2.45, 2.75) is 76.0 Å². The zero-order valence-electron chi connectivity index (χ0n) is 31.7. The lowest BCUT2D eigenvalue weighted by Crippen LogP contribution is -2.68. The first-order chi connectivity index (χ1) is 26.2. The highest BCUT2D eigenvalue weighted by Crippen LogP contribution is 2.86. The van der Waals surface area contributed by atoms with Gasteiger partial charge in [0.2, 0.25) is 0 Å². The van der Waals surface area contributed by atoms with Crippen LogP contribution in [0.4, 0.5) is 17.1 Å². The maximum atomic E-state index is 6.61. The van der Waals surface area contributed by atoms with Gasteiger partial charge in [0.15, 0.2) is 0 Å². The highest BCUT2D eigenvalue weighted by molar-refractivity contribution is 6.07. The van der Waals surface area contributed by atoms with Gasteiger partial charge in [-0.15, -0.1) is 0 Å². The third-order valence-corrected chi connectivity index (χ3v) is 16.3. The predicted octanol–water partition coefficient (Wildman–Crippen LogP) is 13.7. The number of benzene rings is 6. The Morgan fingerprint density at radius 1 is 0.500 bits per heavy atom. The van der Waals surface area contributed by atoms with Gasteiger partial charge < -0.3 is 9.32 Å². The maximum absolute atomic E-state index is 6.61. The van der Waals surface area contributed by atoms with Crippen LogP contribution in [0.5, 0.6) is 0 Å². The van der Waals surface area contributed by atoms with E-state index in [-0.39, 0.29) is 10.8 Å². The molecule has 5 unspecified atom stereocenters. The first-order valence-corrected chi connectivity index (χ1v) is 20.4. The summed E-state index contributed by atoms with van der Waals surface area (Å²) in [7, 11) is 0. The van der Waals surface area contributed by atoms with Crippen LogP contribution in [0.3, 0.4) is 0 Å². The zero-order chi connectivity index (χ0) is 35.9. The van der Waals surface area contributed by atoms with Crippen LogP contribution in [0.2, 0.25) is 0 Å². The van der Waals surface area contributed by atoms with Gasteiger partial charge in [-0.2, -0.15) is 0 Å². The molecule has 6 aromatic carbocycles. The molecular weight excluding hydrogens is 655 g/mol. The lowest BCUT2D eigenvalue weighted by atomic mass is 9.31. The lowest BCUT2D eigenvalue weighted by molar-refractivity contribution is -0.198. The van der Waals surface area contributed by atoms with Crippen molar-refractivity contribution < 1.29 is 4.42 Å². The van der Waals surface area contributed by atoms with Gasteiger partial charge in [0.1, 0.15) is 11.2 Å². The number of anilines is 3. The summed E-state index contributed by atoms with van der Waals surface area (Å²) in [6.07, 6.45) is 7.27. The van der Waals surface area contributed by atoms with E-state index in [2.05, 4.69) is 154 Å². The number of hydrogen-bond donors (Lipinski definition) is 0. The van der Waals surface area contributed by atoms with Crippen LogP contribution in [-0.2, 0) is 16.2 Å². The summed E-state index contributed by atoms with van der Waals surface area (Å²) in [5.41, 5.74) is 18.9. The molecule has 2 bridgehead atoms. The van der Waals surface area contributed by atoms with E-state index in [0.717, 1.165) is 34.6 Å². The molecule has 264 valence electrons. The van der Waals surface area contributed by atoms with Crippen LogP contribution in [0.15, 0.2) is 126 Å². The molecular formula is C52H45NO. The monoisotopic (exact) mass is 699 g/mol. The molecule has 4 saturated carbocycles. The zero-order valence-corrected chi connectivity index (χ0v) is 31.7. The Kier molecular flexibility index (Phi) is 5.37. The molecule has 4 fully saturated rings. The quantitative estimate of drug-likeness (QED) is 0.182. The summed E-state index contributed by atoms with van der Waals surface area (Å²) in [5.74, 6) is 2.89. The second-order valence-corrected chi connectivity index (χ2v) is 19.1. The van der Waals surface area contributed by atoms with Crippen LogP contribution in [0.25, 0.3) is 44.2 Å². The minimum atomic E-state index is -0.0884. The van der Waals surface area contributed by atoms with Gasteiger partial charge in [-0.05, 0) is 160 Å². The fourth-order valence-electron chi connectivity index (χ4n) is 14.0. The molecule has 6 aliphatic carbocycles. The van der Waals surface area contributed by atoms with E-state index in [4.69, 9.17) is 4.42 Å². The Hall–Kier alpha value is -5.08.